The molecule has 1 aliphatic carbocycles. The number of likely N-dealkylation sites (tertiary alicyclic amines) is 1. The number of hydrogen-bond donors (Lipinski definition) is 2. The smallest absolute Gasteiger partial charge is 0.165 e. The number of allylic oxidation sites excluding steroid dienone is 4. The zero-order valence-corrected chi connectivity index (χ0v) is 12.8. The Bertz CT molecular complexity index is 530. The van der Waals surface area contributed by atoms with E-state index in [1.807, 2.05) is 12.2 Å². The summed E-state index contributed by atoms with van der Waals surface area (Å²) in [5.74, 6) is 1.18. The normalized spacial score (nSPS) is 24.7. The minimum absolute atomic E-state index is 0.176. The fourth-order valence-electron chi connectivity index (χ4n) is 3.04. The summed E-state index contributed by atoms with van der Waals surface area (Å²) >= 11 is 0. The standard InChI is InChI=1S/C17H24N2O3/c18-17(13-20,12-19-8-4-5-9-19)16-11-21-10-15(22-16)14-6-2-1-3-7-14/h1-2,6,10-11,20H,3-5,7-9,12-13,18H2/t17-/m1/s1. The summed E-state index contributed by atoms with van der Waals surface area (Å²) in [6.07, 6.45) is 13.6. The van der Waals surface area contributed by atoms with Gasteiger partial charge in [-0.3, -0.25) is 0 Å². The Hall–Kier alpha value is -1.56. The van der Waals surface area contributed by atoms with Crippen LogP contribution in [0.1, 0.15) is 25.7 Å². The lowest BCUT2D eigenvalue weighted by molar-refractivity contribution is 0.106. The quantitative estimate of drug-likeness (QED) is 0.810. The molecule has 3 rings (SSSR count). The van der Waals surface area contributed by atoms with Crippen LogP contribution in [0.5, 0.6) is 0 Å². The number of aliphatic hydroxyl groups excluding tert-OH is 1. The fraction of sp³-hybridized carbons (Fsp3) is 0.529. The minimum atomic E-state index is -0.936. The molecule has 1 atom stereocenters. The average molecular weight is 304 g/mol. The van der Waals surface area contributed by atoms with E-state index in [1.165, 1.54) is 19.1 Å². The molecule has 3 aliphatic rings. The van der Waals surface area contributed by atoms with Gasteiger partial charge in [0.15, 0.2) is 11.5 Å². The van der Waals surface area contributed by atoms with Crippen molar-refractivity contribution < 1.29 is 14.6 Å². The number of aliphatic hydroxyl groups is 1. The molecule has 0 aromatic heterocycles. The molecule has 0 spiro atoms. The largest absolute Gasteiger partial charge is 0.465 e. The number of rotatable bonds is 5. The highest BCUT2D eigenvalue weighted by Gasteiger charge is 2.36. The molecule has 2 heterocycles. The molecule has 22 heavy (non-hydrogen) atoms. The van der Waals surface area contributed by atoms with Crippen molar-refractivity contribution in [2.24, 2.45) is 5.73 Å². The molecule has 0 amide bonds. The maximum absolute atomic E-state index is 9.82. The Labute approximate surface area is 131 Å². The second kappa shape index (κ2) is 6.69. The topological polar surface area (TPSA) is 68.0 Å². The SMILES string of the molecule is N[C@@](CO)(CN1CCCC1)C1=COC=C(C2=CC=CCC2)O1. The Balaban J connectivity index is 1.71. The van der Waals surface area contributed by atoms with Gasteiger partial charge in [0.25, 0.3) is 0 Å². The van der Waals surface area contributed by atoms with Crippen LogP contribution in [0.4, 0.5) is 0 Å². The predicted octanol–water partition coefficient (Wildman–Crippen LogP) is 1.78. The molecule has 5 heteroatoms. The van der Waals surface area contributed by atoms with Crippen LogP contribution in [0.2, 0.25) is 0 Å². The Morgan fingerprint density at radius 3 is 2.77 bits per heavy atom. The van der Waals surface area contributed by atoms with Gasteiger partial charge in [-0.2, -0.15) is 0 Å². The first-order chi connectivity index (χ1) is 10.7. The summed E-state index contributed by atoms with van der Waals surface area (Å²) in [5, 5.41) is 9.82. The van der Waals surface area contributed by atoms with Gasteiger partial charge in [0.2, 0.25) is 0 Å². The van der Waals surface area contributed by atoms with E-state index >= 15 is 0 Å². The van der Waals surface area contributed by atoms with Crippen molar-refractivity contribution in [2.45, 2.75) is 31.2 Å². The summed E-state index contributed by atoms with van der Waals surface area (Å²) in [6.45, 7) is 2.44. The van der Waals surface area contributed by atoms with Gasteiger partial charge in [-0.1, -0.05) is 18.2 Å². The molecule has 120 valence electrons. The maximum Gasteiger partial charge on any atom is 0.165 e. The van der Waals surface area contributed by atoms with Gasteiger partial charge in [0.1, 0.15) is 18.1 Å². The van der Waals surface area contributed by atoms with Crippen molar-refractivity contribution >= 4 is 0 Å². The van der Waals surface area contributed by atoms with Gasteiger partial charge in [0.05, 0.1) is 6.61 Å². The molecule has 0 saturated carbocycles. The summed E-state index contributed by atoms with van der Waals surface area (Å²) in [4.78, 5) is 2.26. The van der Waals surface area contributed by atoms with Crippen LogP contribution in [0.25, 0.3) is 0 Å². The van der Waals surface area contributed by atoms with E-state index < -0.39 is 5.54 Å². The van der Waals surface area contributed by atoms with E-state index in [9.17, 15) is 5.11 Å². The van der Waals surface area contributed by atoms with E-state index in [0.29, 0.717) is 18.1 Å². The second-order valence-corrected chi connectivity index (χ2v) is 6.16. The lowest BCUT2D eigenvalue weighted by atomic mass is 9.98. The van der Waals surface area contributed by atoms with E-state index in [4.69, 9.17) is 15.2 Å². The van der Waals surface area contributed by atoms with Gasteiger partial charge in [0, 0.05) is 6.54 Å². The third-order valence-corrected chi connectivity index (χ3v) is 4.38. The zero-order valence-electron chi connectivity index (χ0n) is 12.8. The van der Waals surface area contributed by atoms with Crippen molar-refractivity contribution in [1.29, 1.82) is 0 Å². The number of hydrogen-bond acceptors (Lipinski definition) is 5. The van der Waals surface area contributed by atoms with Crippen molar-refractivity contribution in [3.63, 3.8) is 0 Å². The monoisotopic (exact) mass is 304 g/mol. The molecule has 1 saturated heterocycles. The number of nitrogens with zero attached hydrogens (tertiary/aromatic N) is 1. The van der Waals surface area contributed by atoms with E-state index in [2.05, 4.69) is 11.0 Å². The first-order valence-electron chi connectivity index (χ1n) is 7.93. The molecule has 1 fully saturated rings. The molecular formula is C17H24N2O3. The lowest BCUT2D eigenvalue weighted by Crippen LogP contribution is -2.54. The van der Waals surface area contributed by atoms with Gasteiger partial charge < -0.3 is 25.2 Å². The molecule has 0 aromatic carbocycles. The van der Waals surface area contributed by atoms with Crippen LogP contribution in [0.15, 0.2) is 47.8 Å². The van der Waals surface area contributed by atoms with Crippen molar-refractivity contribution in [3.05, 3.63) is 47.8 Å². The van der Waals surface area contributed by atoms with Crippen molar-refractivity contribution in [1.82, 2.24) is 4.90 Å². The molecule has 5 nitrogen and oxygen atoms in total. The van der Waals surface area contributed by atoms with Crippen molar-refractivity contribution in [2.75, 3.05) is 26.2 Å². The van der Waals surface area contributed by atoms with E-state index in [0.717, 1.165) is 31.5 Å². The predicted molar refractivity (Wildman–Crippen MR) is 84.5 cm³/mol. The second-order valence-electron chi connectivity index (χ2n) is 6.16. The first kappa shape index (κ1) is 15.3. The average Bonchev–Trinajstić information content (AvgIpc) is 3.08. The Kier molecular flexibility index (Phi) is 4.66. The van der Waals surface area contributed by atoms with E-state index in [1.54, 1.807) is 6.26 Å². The maximum atomic E-state index is 9.82. The minimum Gasteiger partial charge on any atom is -0.465 e. The molecule has 0 bridgehead atoms. The molecule has 0 aromatic rings. The number of ether oxygens (including phenoxy) is 2. The van der Waals surface area contributed by atoms with Crippen LogP contribution < -0.4 is 5.73 Å². The third kappa shape index (κ3) is 3.27. The van der Waals surface area contributed by atoms with E-state index in [-0.39, 0.29) is 6.61 Å². The van der Waals surface area contributed by atoms with Gasteiger partial charge in [-0.25, -0.2) is 0 Å². The van der Waals surface area contributed by atoms with Crippen LogP contribution >= 0.6 is 0 Å². The Morgan fingerprint density at radius 2 is 2.09 bits per heavy atom. The molecular weight excluding hydrogens is 280 g/mol. The van der Waals surface area contributed by atoms with Crippen LogP contribution in [0.3, 0.4) is 0 Å². The van der Waals surface area contributed by atoms with Gasteiger partial charge in [-0.05, 0) is 44.3 Å². The highest BCUT2D eigenvalue weighted by molar-refractivity contribution is 5.34. The highest BCUT2D eigenvalue weighted by Crippen LogP contribution is 2.30. The zero-order chi connectivity index (χ0) is 15.4. The summed E-state index contributed by atoms with van der Waals surface area (Å²) in [7, 11) is 0. The third-order valence-electron chi connectivity index (χ3n) is 4.38. The first-order valence-corrected chi connectivity index (χ1v) is 7.93. The van der Waals surface area contributed by atoms with Gasteiger partial charge in [-0.15, -0.1) is 0 Å². The van der Waals surface area contributed by atoms with Crippen LogP contribution in [-0.4, -0.2) is 41.8 Å². The van der Waals surface area contributed by atoms with Gasteiger partial charge >= 0.3 is 0 Å². The highest BCUT2D eigenvalue weighted by atomic mass is 16.5. The number of nitrogens with two attached hydrogens (primary N) is 1. The lowest BCUT2D eigenvalue weighted by Gasteiger charge is -2.34. The molecule has 3 N–H and O–H groups in total. The molecule has 0 radical (unpaired) electrons. The summed E-state index contributed by atoms with van der Waals surface area (Å²) < 4.78 is 11.4. The van der Waals surface area contributed by atoms with Crippen LogP contribution in [0, 0.1) is 0 Å². The summed E-state index contributed by atoms with van der Waals surface area (Å²) in [5.41, 5.74) is 6.57. The van der Waals surface area contributed by atoms with Crippen molar-refractivity contribution in [3.8, 4) is 0 Å². The Morgan fingerprint density at radius 1 is 1.27 bits per heavy atom. The fourth-order valence-corrected chi connectivity index (χ4v) is 3.04. The summed E-state index contributed by atoms with van der Waals surface area (Å²) in [6, 6.07) is 0. The molecule has 0 unspecified atom stereocenters. The van der Waals surface area contributed by atoms with Crippen LogP contribution in [-0.2, 0) is 9.47 Å². The molecule has 2 aliphatic heterocycles.